The van der Waals surface area contributed by atoms with Crippen molar-refractivity contribution in [2.24, 2.45) is 57.1 Å². The highest BCUT2D eigenvalue weighted by Crippen LogP contribution is 2.16. The van der Waals surface area contributed by atoms with Gasteiger partial charge in [-0.25, -0.2) is 14.8 Å². The molecule has 0 aromatic carbocycles. The molecule has 2 rings (SSSR count). The van der Waals surface area contributed by atoms with E-state index in [9.17, 15) is 91.7 Å². The highest BCUT2D eigenvalue weighted by Gasteiger charge is 2.39. The number of guanidine groups is 1. The zero-order valence-corrected chi connectivity index (χ0v) is 66.2. The summed E-state index contributed by atoms with van der Waals surface area (Å²) < 4.78 is 0. The first kappa shape index (κ1) is 98.0. The second-order valence-electron chi connectivity index (χ2n) is 28.1. The lowest BCUT2D eigenvalue weighted by Crippen LogP contribution is -2.61. The molecule has 2 aromatic rings. The molecule has 113 heavy (non-hydrogen) atoms. The van der Waals surface area contributed by atoms with Crippen molar-refractivity contribution >= 4 is 118 Å². The van der Waals surface area contributed by atoms with Crippen molar-refractivity contribution in [2.75, 3.05) is 25.1 Å². The lowest BCUT2D eigenvalue weighted by molar-refractivity contribution is -0.142. The van der Waals surface area contributed by atoms with Crippen LogP contribution in [0.4, 0.5) is 0 Å². The molecule has 44 heteroatoms. The van der Waals surface area contributed by atoms with Crippen molar-refractivity contribution in [1.29, 1.82) is 0 Å². The topological polar surface area (TPSA) is 713 Å². The van der Waals surface area contributed by atoms with E-state index in [1.54, 1.807) is 47.8 Å². The minimum Gasteiger partial charge on any atom is -0.481 e. The van der Waals surface area contributed by atoms with E-state index in [0.717, 1.165) is 0 Å². The number of primary amides is 2. The van der Waals surface area contributed by atoms with Crippen LogP contribution in [0, 0.1) is 17.8 Å². The Morgan fingerprint density at radius 1 is 0.460 bits per heavy atom. The van der Waals surface area contributed by atoms with E-state index in [2.05, 4.69) is 94.0 Å². The number of unbranched alkanes of at least 4 members (excludes halogenated alkanes) is 1. The fraction of sp³-hybridized carbons (Fsp3) is 0.652. The van der Waals surface area contributed by atoms with Crippen LogP contribution >= 0.6 is 11.8 Å². The maximum atomic E-state index is 14.7. The number of carboxylic acid groups (broad SMARTS) is 2. The number of aromatic amines is 2. The summed E-state index contributed by atoms with van der Waals surface area (Å²) in [5.41, 5.74) is 34.2. The minimum atomic E-state index is -1.89. The predicted molar refractivity (Wildman–Crippen MR) is 411 cm³/mol. The predicted octanol–water partition coefficient (Wildman–Crippen LogP) is -6.62. The van der Waals surface area contributed by atoms with E-state index in [4.69, 9.17) is 34.4 Å². The molecule has 0 radical (unpaired) electrons. The molecule has 43 nitrogen and oxygen atoms in total. The monoisotopic (exact) mass is 1620 g/mol. The number of hydrogen-bond donors (Lipinski definition) is 23. The van der Waals surface area contributed by atoms with Gasteiger partial charge in [-0.15, -0.1) is 0 Å². The first-order valence-corrected chi connectivity index (χ1v) is 38.4. The third kappa shape index (κ3) is 37.2. The Morgan fingerprint density at radius 2 is 0.867 bits per heavy atom. The fourth-order valence-corrected chi connectivity index (χ4v) is 11.4. The Morgan fingerprint density at radius 3 is 1.33 bits per heavy atom. The molecule has 0 saturated heterocycles. The first-order valence-electron chi connectivity index (χ1n) is 37.0. The van der Waals surface area contributed by atoms with Crippen molar-refractivity contribution < 1.29 is 91.7 Å². The maximum absolute atomic E-state index is 14.7. The molecule has 0 spiro atoms. The van der Waals surface area contributed by atoms with Crippen LogP contribution in [-0.4, -0.2) is 246 Å². The summed E-state index contributed by atoms with van der Waals surface area (Å²) in [5, 5.41) is 52.1. The van der Waals surface area contributed by atoms with Gasteiger partial charge in [-0.05, 0) is 115 Å². The van der Waals surface area contributed by atoms with Gasteiger partial charge in [0.15, 0.2) is 5.96 Å². The Bertz CT molecular complexity index is 3540. The second-order valence-corrected chi connectivity index (χ2v) is 29.0. The number of nitrogens with two attached hydrogens (primary N) is 6. The molecule has 2 heterocycles. The zero-order chi connectivity index (χ0) is 85.4. The highest BCUT2D eigenvalue weighted by molar-refractivity contribution is 7.98. The number of carbonyl (C=O) groups excluding carboxylic acids is 15. The number of carboxylic acids is 2. The van der Waals surface area contributed by atoms with E-state index < -0.39 is 229 Å². The number of carbonyl (C=O) groups is 17. The molecule has 15 atom stereocenters. The van der Waals surface area contributed by atoms with Gasteiger partial charge in [-0.3, -0.25) is 81.7 Å². The van der Waals surface area contributed by atoms with Crippen LogP contribution in [0.25, 0.3) is 0 Å². The smallest absolute Gasteiger partial charge is 0.326 e. The number of H-pyrrole nitrogens is 2. The Labute approximate surface area is 658 Å². The molecular weight excluding hydrogens is 1500 g/mol. The van der Waals surface area contributed by atoms with Gasteiger partial charge in [0.2, 0.25) is 88.6 Å². The summed E-state index contributed by atoms with van der Waals surface area (Å²) in [6.45, 7) is 14.0. The summed E-state index contributed by atoms with van der Waals surface area (Å²) in [7, 11) is 0. The van der Waals surface area contributed by atoms with Crippen LogP contribution in [0.3, 0.4) is 0 Å². The van der Waals surface area contributed by atoms with Crippen molar-refractivity contribution in [3.8, 4) is 0 Å². The summed E-state index contributed by atoms with van der Waals surface area (Å²) in [6.07, 6.45) is 3.81. The van der Waals surface area contributed by atoms with Crippen LogP contribution in [-0.2, 0) is 94.3 Å². The lowest BCUT2D eigenvalue weighted by Gasteiger charge is -2.30. The molecule has 0 aliphatic heterocycles. The largest absolute Gasteiger partial charge is 0.481 e. The summed E-state index contributed by atoms with van der Waals surface area (Å²) >= 11 is 1.26. The molecule has 29 N–H and O–H groups in total. The van der Waals surface area contributed by atoms with Crippen LogP contribution in [0.2, 0.25) is 0 Å². The highest BCUT2D eigenvalue weighted by atomic mass is 32.2. The third-order valence-electron chi connectivity index (χ3n) is 17.5. The Kier molecular flexibility index (Phi) is 44.0. The average molecular weight is 1620 g/mol. The molecule has 2 aromatic heterocycles. The van der Waals surface area contributed by atoms with Gasteiger partial charge in [-0.2, -0.15) is 11.8 Å². The van der Waals surface area contributed by atoms with Crippen molar-refractivity contribution in [3.05, 3.63) is 36.4 Å². The van der Waals surface area contributed by atoms with Crippen molar-refractivity contribution in [2.45, 2.75) is 243 Å². The fourth-order valence-electron chi connectivity index (χ4n) is 10.9. The molecular formula is C69H116N24O19S. The van der Waals surface area contributed by atoms with E-state index in [0.29, 0.717) is 18.5 Å². The van der Waals surface area contributed by atoms with Gasteiger partial charge >= 0.3 is 11.9 Å². The summed E-state index contributed by atoms with van der Waals surface area (Å²) in [5.74, 6) is -19.0. The number of aliphatic carboxylic acids is 2. The molecule has 632 valence electrons. The molecule has 15 amide bonds. The zero-order valence-electron chi connectivity index (χ0n) is 65.4. The van der Waals surface area contributed by atoms with Crippen LogP contribution < -0.4 is 104 Å². The molecule has 0 saturated carbocycles. The second kappa shape index (κ2) is 50.8. The van der Waals surface area contributed by atoms with Gasteiger partial charge in [0, 0.05) is 56.0 Å². The number of rotatable bonds is 55. The lowest BCUT2D eigenvalue weighted by atomic mass is 9.96. The standard InChI is InChI=1S/C69H116N24O19S/c1-11-35(6)54(93-62(105)44(18-20-52(96)97)84-57(100)38(9)82-66(109)53(34(4)5)92-55(98)36(7)71)67(110)87-43(17-19-50(72)94)60(103)88-46(25-33(2)3)63(106)86-45(21-24-113-10)61(104)89-47(26-39-29-76-31-79-39)64(107)90-48(28-51(73)95)65(108)85-42(16-14-23-78-69(74)75)58(101)81-37(8)56(99)83-41(15-12-13-22-70)59(102)91-49(68(111)112)27-40-30-77-32-80-40/h29-38,41-49,53-54H,11-28,70-71H2,1-10H3,(H2,72,94)(H2,73,95)(H,76,79)(H,77,80)(H,81,101)(H,82,109)(H,83,99)(H,84,100)(H,85,108)(H,86,106)(H,87,110)(H,88,103)(H,89,104)(H,90,107)(H,91,102)(H,92,98)(H,93,105)(H,96,97)(H,111,112)(H4,74,75,78)/t35-,36-,37-,38-,41-,42-,43-,44-,45-,46-,47-,48-,49-,53-,54-/m0/s1. The Hall–Kier alpha value is -11.1. The number of nitrogens with zero attached hydrogens (tertiary/aromatic N) is 3. The van der Waals surface area contributed by atoms with Crippen molar-refractivity contribution in [1.82, 2.24) is 89.1 Å². The van der Waals surface area contributed by atoms with Gasteiger partial charge in [0.1, 0.15) is 78.5 Å². The summed E-state index contributed by atoms with van der Waals surface area (Å²) in [4.78, 5) is 249. The van der Waals surface area contributed by atoms with Crippen LogP contribution in [0.15, 0.2) is 30.0 Å². The summed E-state index contributed by atoms with van der Waals surface area (Å²) in [6, 6.07) is -20.7. The first-order chi connectivity index (χ1) is 53.1. The van der Waals surface area contributed by atoms with Gasteiger partial charge in [-0.1, -0.05) is 48.0 Å². The third-order valence-corrected chi connectivity index (χ3v) is 18.2. The average Bonchev–Trinajstić information content (AvgIpc) is 1.21. The van der Waals surface area contributed by atoms with Crippen LogP contribution in [0.5, 0.6) is 0 Å². The SMILES string of the molecule is CC[C@H](C)[C@H](NC(=O)[C@H](CCC(=O)O)NC(=O)[C@H](C)NC(=O)[C@@H](NC(=O)[C@H](C)N)C(C)C)C(=O)N[C@@H](CCC(N)=O)C(=O)N[C@@H](CC(C)C)C(=O)N[C@@H](CCSC)C(=O)N[C@@H](Cc1cnc[nH]1)C(=O)N[C@@H](CC(N)=O)C(=O)N[C@@H](CCCN=C(N)N)C(=O)N[C@@H](C)C(=O)N[C@@H](CCCCN)C(=O)N[C@@H](Cc1cnc[nH]1)C(=O)O. The molecule has 0 fully saturated rings. The minimum absolute atomic E-state index is 0.000545. The number of aliphatic imine (C=N–C) groups is 1. The number of amides is 15. The quantitative estimate of drug-likeness (QED) is 0.0166. The number of hydrogen-bond acceptors (Lipinski definition) is 23. The van der Waals surface area contributed by atoms with E-state index in [-0.39, 0.29) is 87.8 Å². The molecule has 0 aliphatic carbocycles. The number of aromatic nitrogens is 4. The number of nitrogens with one attached hydrogen (secondary N) is 15. The molecule has 0 aliphatic rings. The van der Waals surface area contributed by atoms with Gasteiger partial charge < -0.3 is 124 Å². The Balaban J connectivity index is 2.53. The van der Waals surface area contributed by atoms with Crippen LogP contribution in [0.1, 0.15) is 157 Å². The maximum Gasteiger partial charge on any atom is 0.326 e. The normalized spacial score (nSPS) is 15.1. The number of thioether (sulfide) groups is 1. The molecule has 0 bridgehead atoms. The van der Waals surface area contributed by atoms with E-state index in [1.807, 2.05) is 0 Å². The van der Waals surface area contributed by atoms with E-state index in [1.165, 1.54) is 57.6 Å². The number of imidazole rings is 2. The van der Waals surface area contributed by atoms with Gasteiger partial charge in [0.25, 0.3) is 0 Å². The molecule has 0 unspecified atom stereocenters. The van der Waals surface area contributed by atoms with E-state index >= 15 is 0 Å². The van der Waals surface area contributed by atoms with Gasteiger partial charge in [0.05, 0.1) is 25.1 Å². The van der Waals surface area contributed by atoms with Crippen molar-refractivity contribution in [3.63, 3.8) is 0 Å².